The van der Waals surface area contributed by atoms with E-state index >= 15 is 0 Å². The van der Waals surface area contributed by atoms with Crippen molar-refractivity contribution in [3.63, 3.8) is 0 Å². The zero-order chi connectivity index (χ0) is 16.9. The van der Waals surface area contributed by atoms with Gasteiger partial charge in [-0.05, 0) is 51.3 Å². The Hall–Kier alpha value is -1.39. The molecule has 2 saturated heterocycles. The topological polar surface area (TPSA) is 32.8 Å². The second-order valence-corrected chi connectivity index (χ2v) is 7.49. The van der Waals surface area contributed by atoms with Crippen LogP contribution in [0.15, 0.2) is 30.3 Å². The Balaban J connectivity index is 1.32. The highest BCUT2D eigenvalue weighted by atomic mass is 16.5. The number of carbonyl (C=O) groups is 1. The van der Waals surface area contributed by atoms with E-state index in [1.807, 2.05) is 23.1 Å². The number of amides is 1. The third-order valence-corrected chi connectivity index (χ3v) is 5.37. The molecule has 1 aromatic carbocycles. The number of carbonyl (C=O) groups excluding carboxylic acids is 1. The zero-order valence-electron chi connectivity index (χ0n) is 15.0. The van der Waals surface area contributed by atoms with Gasteiger partial charge in [-0.1, -0.05) is 30.3 Å². The van der Waals surface area contributed by atoms with Crippen LogP contribution in [-0.2, 0) is 16.1 Å². The van der Waals surface area contributed by atoms with Gasteiger partial charge in [0.2, 0.25) is 5.91 Å². The average molecular weight is 330 g/mol. The van der Waals surface area contributed by atoms with Crippen LogP contribution in [0.4, 0.5) is 0 Å². The maximum Gasteiger partial charge on any atom is 0.223 e. The van der Waals surface area contributed by atoms with Crippen LogP contribution in [0.5, 0.6) is 0 Å². The van der Waals surface area contributed by atoms with E-state index in [0.717, 1.165) is 45.4 Å². The quantitative estimate of drug-likeness (QED) is 0.804. The van der Waals surface area contributed by atoms with Crippen molar-refractivity contribution in [1.29, 1.82) is 0 Å². The van der Waals surface area contributed by atoms with Gasteiger partial charge in [-0.2, -0.15) is 0 Å². The highest BCUT2D eigenvalue weighted by molar-refractivity contribution is 5.77. The predicted octanol–water partition coefficient (Wildman–Crippen LogP) is 2.92. The molecule has 2 heterocycles. The van der Waals surface area contributed by atoms with Crippen LogP contribution in [0, 0.1) is 5.92 Å². The Kier molecular flexibility index (Phi) is 5.90. The summed E-state index contributed by atoms with van der Waals surface area (Å²) in [6.07, 6.45) is 3.24. The Labute approximate surface area is 145 Å². The molecule has 0 radical (unpaired) electrons. The standard InChI is InChI=1S/C20H30N2O2/c1-16(2)21-10-8-17(9-11-21)12-20(23)22-13-19(14-22)24-15-18-6-4-3-5-7-18/h3-7,16-17,19H,8-15H2,1-2H3. The fraction of sp³-hybridized carbons (Fsp3) is 0.650. The fourth-order valence-corrected chi connectivity index (χ4v) is 3.59. The second kappa shape index (κ2) is 8.13. The van der Waals surface area contributed by atoms with E-state index in [0.29, 0.717) is 24.5 Å². The van der Waals surface area contributed by atoms with Gasteiger partial charge >= 0.3 is 0 Å². The van der Waals surface area contributed by atoms with Gasteiger partial charge in [-0.25, -0.2) is 0 Å². The van der Waals surface area contributed by atoms with Crippen LogP contribution in [0.3, 0.4) is 0 Å². The summed E-state index contributed by atoms with van der Waals surface area (Å²) in [6.45, 7) is 8.94. The number of hydrogen-bond donors (Lipinski definition) is 0. The summed E-state index contributed by atoms with van der Waals surface area (Å²) in [5, 5.41) is 0. The molecule has 3 rings (SSSR count). The van der Waals surface area contributed by atoms with E-state index in [2.05, 4.69) is 30.9 Å². The first kappa shape index (κ1) is 17.4. The van der Waals surface area contributed by atoms with Gasteiger partial charge in [0.15, 0.2) is 0 Å². The molecule has 0 saturated carbocycles. The minimum atomic E-state index is 0.206. The molecule has 4 nitrogen and oxygen atoms in total. The highest BCUT2D eigenvalue weighted by Crippen LogP contribution is 2.24. The van der Waals surface area contributed by atoms with Crippen molar-refractivity contribution in [2.24, 2.45) is 5.92 Å². The van der Waals surface area contributed by atoms with E-state index in [-0.39, 0.29) is 6.10 Å². The number of rotatable bonds is 6. The molecule has 1 amide bonds. The van der Waals surface area contributed by atoms with Gasteiger partial charge in [-0.15, -0.1) is 0 Å². The number of ether oxygens (including phenoxy) is 1. The lowest BCUT2D eigenvalue weighted by Crippen LogP contribution is -2.55. The third-order valence-electron chi connectivity index (χ3n) is 5.37. The van der Waals surface area contributed by atoms with E-state index in [1.54, 1.807) is 0 Å². The van der Waals surface area contributed by atoms with Crippen molar-refractivity contribution in [2.75, 3.05) is 26.2 Å². The van der Waals surface area contributed by atoms with Gasteiger partial charge in [0.25, 0.3) is 0 Å². The maximum absolute atomic E-state index is 12.4. The van der Waals surface area contributed by atoms with Crippen LogP contribution in [-0.4, -0.2) is 54.0 Å². The number of benzene rings is 1. The van der Waals surface area contributed by atoms with Crippen LogP contribution in [0.25, 0.3) is 0 Å². The van der Waals surface area contributed by atoms with Crippen LogP contribution >= 0.6 is 0 Å². The van der Waals surface area contributed by atoms with Crippen molar-refractivity contribution >= 4 is 5.91 Å². The summed E-state index contributed by atoms with van der Waals surface area (Å²) in [7, 11) is 0. The second-order valence-electron chi connectivity index (χ2n) is 7.49. The molecule has 0 N–H and O–H groups in total. The summed E-state index contributed by atoms with van der Waals surface area (Å²) in [5.41, 5.74) is 1.19. The van der Waals surface area contributed by atoms with Crippen molar-refractivity contribution in [3.8, 4) is 0 Å². The average Bonchev–Trinajstić information content (AvgIpc) is 2.55. The van der Waals surface area contributed by atoms with E-state index in [4.69, 9.17) is 4.74 Å². The van der Waals surface area contributed by atoms with Crippen molar-refractivity contribution < 1.29 is 9.53 Å². The summed E-state index contributed by atoms with van der Waals surface area (Å²) in [5.74, 6) is 0.884. The lowest BCUT2D eigenvalue weighted by atomic mass is 9.92. The Bertz CT molecular complexity index is 518. The number of likely N-dealkylation sites (tertiary alicyclic amines) is 2. The summed E-state index contributed by atoms with van der Waals surface area (Å²) in [6, 6.07) is 10.8. The number of hydrogen-bond acceptors (Lipinski definition) is 3. The lowest BCUT2D eigenvalue weighted by molar-refractivity contribution is -0.147. The molecule has 0 unspecified atom stereocenters. The Morgan fingerprint density at radius 1 is 1.17 bits per heavy atom. The molecule has 0 aliphatic carbocycles. The number of nitrogens with zero attached hydrogens (tertiary/aromatic N) is 2. The van der Waals surface area contributed by atoms with Gasteiger partial charge in [-0.3, -0.25) is 4.79 Å². The predicted molar refractivity (Wildman–Crippen MR) is 95.6 cm³/mol. The molecule has 0 spiro atoms. The minimum Gasteiger partial charge on any atom is -0.370 e. The molecular weight excluding hydrogens is 300 g/mol. The SMILES string of the molecule is CC(C)N1CCC(CC(=O)N2CC(OCc3ccccc3)C2)CC1. The molecule has 2 fully saturated rings. The summed E-state index contributed by atoms with van der Waals surface area (Å²) in [4.78, 5) is 16.9. The molecule has 132 valence electrons. The first-order valence-corrected chi connectivity index (χ1v) is 9.29. The Morgan fingerprint density at radius 2 is 1.83 bits per heavy atom. The van der Waals surface area contributed by atoms with Crippen molar-refractivity contribution in [2.45, 2.75) is 51.9 Å². The molecule has 24 heavy (non-hydrogen) atoms. The van der Waals surface area contributed by atoms with E-state index in [9.17, 15) is 4.79 Å². The van der Waals surface area contributed by atoms with E-state index < -0.39 is 0 Å². The summed E-state index contributed by atoms with van der Waals surface area (Å²) < 4.78 is 5.87. The van der Waals surface area contributed by atoms with Gasteiger partial charge in [0.05, 0.1) is 12.7 Å². The molecule has 0 bridgehead atoms. The van der Waals surface area contributed by atoms with Gasteiger partial charge < -0.3 is 14.5 Å². The Morgan fingerprint density at radius 3 is 2.46 bits per heavy atom. The van der Waals surface area contributed by atoms with Gasteiger partial charge in [0, 0.05) is 25.6 Å². The molecule has 0 aromatic heterocycles. The van der Waals surface area contributed by atoms with Crippen molar-refractivity contribution in [3.05, 3.63) is 35.9 Å². The summed E-state index contributed by atoms with van der Waals surface area (Å²) >= 11 is 0. The zero-order valence-corrected chi connectivity index (χ0v) is 15.0. The van der Waals surface area contributed by atoms with Crippen LogP contribution in [0.1, 0.15) is 38.7 Å². The minimum absolute atomic E-state index is 0.206. The first-order valence-electron chi connectivity index (χ1n) is 9.29. The molecular formula is C20H30N2O2. The monoisotopic (exact) mass is 330 g/mol. The molecule has 0 atom stereocenters. The van der Waals surface area contributed by atoms with Crippen LogP contribution < -0.4 is 0 Å². The van der Waals surface area contributed by atoms with Crippen LogP contribution in [0.2, 0.25) is 0 Å². The first-order chi connectivity index (χ1) is 11.6. The smallest absolute Gasteiger partial charge is 0.223 e. The van der Waals surface area contributed by atoms with Crippen molar-refractivity contribution in [1.82, 2.24) is 9.80 Å². The van der Waals surface area contributed by atoms with Gasteiger partial charge in [0.1, 0.15) is 0 Å². The van der Waals surface area contributed by atoms with E-state index in [1.165, 1.54) is 5.56 Å². The molecule has 2 aliphatic rings. The molecule has 4 heteroatoms. The normalized spacial score (nSPS) is 20.4. The lowest BCUT2D eigenvalue weighted by Gasteiger charge is -2.40. The molecule has 1 aromatic rings. The largest absolute Gasteiger partial charge is 0.370 e. The maximum atomic E-state index is 12.4. The highest BCUT2D eigenvalue weighted by Gasteiger charge is 2.33. The fourth-order valence-electron chi connectivity index (χ4n) is 3.59. The number of piperidine rings is 1. The molecule has 2 aliphatic heterocycles. The third kappa shape index (κ3) is 4.58.